The van der Waals surface area contributed by atoms with Crippen LogP contribution in [-0.2, 0) is 9.59 Å². The van der Waals surface area contributed by atoms with Crippen molar-refractivity contribution in [2.45, 2.75) is 13.0 Å². The number of imide groups is 1. The molecule has 134 valence electrons. The van der Waals surface area contributed by atoms with Crippen LogP contribution in [0.3, 0.4) is 0 Å². The number of carbonyl (C=O) groups excluding carboxylic acids is 3. The third-order valence-corrected chi connectivity index (χ3v) is 3.95. The molecule has 0 spiro atoms. The molecule has 4 rings (SSSR count). The first kappa shape index (κ1) is 17.3. The van der Waals surface area contributed by atoms with Crippen LogP contribution in [0.15, 0.2) is 29.3 Å². The quantitative estimate of drug-likeness (QED) is 0.450. The van der Waals surface area contributed by atoms with E-state index in [2.05, 4.69) is 9.73 Å². The van der Waals surface area contributed by atoms with Gasteiger partial charge in [0.15, 0.2) is 6.67 Å². The molecule has 26 heavy (non-hydrogen) atoms. The van der Waals surface area contributed by atoms with E-state index in [1.54, 1.807) is 30.1 Å². The van der Waals surface area contributed by atoms with E-state index < -0.39 is 11.9 Å². The number of likely N-dealkylation sites (N-methyl/N-ethyl adjacent to an activating group) is 1. The summed E-state index contributed by atoms with van der Waals surface area (Å²) in [7, 11) is 1.64. The number of fused-ring (bicyclic) bond motifs is 1. The molecule has 2 saturated heterocycles. The number of aliphatic imine (C=N–C) groups is 1. The molecule has 0 saturated carbocycles. The summed E-state index contributed by atoms with van der Waals surface area (Å²) in [6, 6.07) is 5.35. The highest BCUT2D eigenvalue weighted by Crippen LogP contribution is 2.23. The Morgan fingerprint density at radius 2 is 2.00 bits per heavy atom. The second-order valence-corrected chi connectivity index (χ2v) is 5.66. The van der Waals surface area contributed by atoms with Crippen LogP contribution in [0, 0.1) is 0 Å². The maximum Gasteiger partial charge on any atom is 0.339 e. The Labute approximate surface area is 147 Å². The highest BCUT2D eigenvalue weighted by atomic mass is 16.5. The van der Waals surface area contributed by atoms with Gasteiger partial charge in [0.25, 0.3) is 24.1 Å². The van der Waals surface area contributed by atoms with Crippen molar-refractivity contribution < 1.29 is 33.6 Å². The number of urea groups is 1. The maximum atomic E-state index is 11.5. The summed E-state index contributed by atoms with van der Waals surface area (Å²) in [5.41, 5.74) is -0.0160. The molecule has 2 fully saturated rings. The molecule has 3 aliphatic heterocycles. The Bertz CT molecular complexity index is 890. The standard InChI is InChI=1S/C9H8O4.C7H7N4O2/c1-6(10)13-8-5-3-2-4-7(8)9(11)12;1-9-5-4-6(12)11(7(9)13)3-10(4)2-8-5/h2-5H,1H3,(H,11,12);2,4H,3H2,1H3/q;+1. The van der Waals surface area contributed by atoms with Gasteiger partial charge in [-0.3, -0.25) is 14.5 Å². The van der Waals surface area contributed by atoms with Crippen LogP contribution in [0.5, 0.6) is 5.75 Å². The molecule has 3 amide bonds. The zero-order valence-electron chi connectivity index (χ0n) is 13.9. The van der Waals surface area contributed by atoms with Gasteiger partial charge in [-0.2, -0.15) is 0 Å². The van der Waals surface area contributed by atoms with Crippen LogP contribution in [0.4, 0.5) is 4.79 Å². The van der Waals surface area contributed by atoms with Crippen molar-refractivity contribution in [3.05, 3.63) is 29.8 Å². The Kier molecular flexibility index (Phi) is 4.24. The average Bonchev–Trinajstić information content (AvgIpc) is 3.11. The Balaban J connectivity index is 0.000000151. The number of benzene rings is 1. The summed E-state index contributed by atoms with van der Waals surface area (Å²) in [4.78, 5) is 50.9. The van der Waals surface area contributed by atoms with Crippen molar-refractivity contribution in [3.63, 3.8) is 0 Å². The molecule has 1 N–H and O–H groups in total. The van der Waals surface area contributed by atoms with E-state index in [1.807, 2.05) is 0 Å². The van der Waals surface area contributed by atoms with Crippen LogP contribution in [0.25, 0.3) is 0 Å². The number of aromatic carboxylic acids is 1. The number of para-hydroxylation sites is 1. The number of carboxylic acids is 1. The maximum absolute atomic E-state index is 11.5. The number of carbonyl (C=O) groups is 4. The number of nitrogens with zero attached hydrogens (tertiary/aromatic N) is 4. The van der Waals surface area contributed by atoms with Crippen molar-refractivity contribution in [2.75, 3.05) is 13.7 Å². The summed E-state index contributed by atoms with van der Waals surface area (Å²) in [6.45, 7) is 1.55. The van der Waals surface area contributed by atoms with Gasteiger partial charge in [0, 0.05) is 14.0 Å². The molecule has 1 unspecified atom stereocenters. The third kappa shape index (κ3) is 2.81. The van der Waals surface area contributed by atoms with E-state index in [1.165, 1.54) is 28.9 Å². The zero-order chi connectivity index (χ0) is 19.0. The topological polar surface area (TPSA) is 120 Å². The van der Waals surface area contributed by atoms with Gasteiger partial charge in [0.2, 0.25) is 0 Å². The molecule has 3 heterocycles. The normalized spacial score (nSPS) is 19.5. The SMILES string of the molecule is CC(=O)Oc1ccccc1C(=O)O.CN1C(=O)N2C[N+]3=CN=C1C3C2=O. The van der Waals surface area contributed by atoms with Crippen molar-refractivity contribution in [1.82, 2.24) is 9.80 Å². The lowest BCUT2D eigenvalue weighted by Crippen LogP contribution is -2.55. The second kappa shape index (κ2) is 6.39. The first-order valence-electron chi connectivity index (χ1n) is 7.58. The van der Waals surface area contributed by atoms with Crippen molar-refractivity contribution in [1.29, 1.82) is 0 Å². The molecule has 10 heteroatoms. The number of amides is 3. The number of hydrogen-bond acceptors (Lipinski definition) is 6. The molecular formula is C16H15N4O6+. The molecule has 1 aromatic rings. The minimum atomic E-state index is -1.11. The lowest BCUT2D eigenvalue weighted by molar-refractivity contribution is -0.521. The van der Waals surface area contributed by atoms with Crippen molar-refractivity contribution >= 4 is 36.1 Å². The van der Waals surface area contributed by atoms with E-state index in [9.17, 15) is 19.2 Å². The molecule has 1 atom stereocenters. The first-order valence-corrected chi connectivity index (χ1v) is 7.58. The minimum Gasteiger partial charge on any atom is -0.478 e. The number of ether oxygens (including phenoxy) is 1. The van der Waals surface area contributed by atoms with Gasteiger partial charge in [-0.15, -0.1) is 0 Å². The number of rotatable bonds is 2. The van der Waals surface area contributed by atoms with Gasteiger partial charge < -0.3 is 9.84 Å². The van der Waals surface area contributed by atoms with Gasteiger partial charge in [-0.1, -0.05) is 12.1 Å². The summed E-state index contributed by atoms with van der Waals surface area (Å²) < 4.78 is 6.45. The van der Waals surface area contributed by atoms with Gasteiger partial charge >= 0.3 is 18.0 Å². The molecule has 0 aliphatic carbocycles. The molecule has 1 aromatic carbocycles. The number of amidine groups is 1. The van der Waals surface area contributed by atoms with E-state index in [-0.39, 0.29) is 29.3 Å². The number of hydrogen-bond donors (Lipinski definition) is 1. The summed E-state index contributed by atoms with van der Waals surface area (Å²) in [5, 5.41) is 8.69. The molecule has 3 aliphatic rings. The van der Waals surface area contributed by atoms with E-state index in [0.717, 1.165) is 0 Å². The van der Waals surface area contributed by atoms with Crippen molar-refractivity contribution in [3.8, 4) is 5.75 Å². The van der Waals surface area contributed by atoms with Crippen LogP contribution < -0.4 is 4.74 Å². The lowest BCUT2D eigenvalue weighted by Gasteiger charge is -2.23. The predicted molar refractivity (Wildman–Crippen MR) is 87.1 cm³/mol. The average molecular weight is 359 g/mol. The monoisotopic (exact) mass is 359 g/mol. The van der Waals surface area contributed by atoms with Gasteiger partial charge in [-0.25, -0.2) is 19.1 Å². The van der Waals surface area contributed by atoms with E-state index in [4.69, 9.17) is 5.11 Å². The largest absolute Gasteiger partial charge is 0.478 e. The van der Waals surface area contributed by atoms with Crippen LogP contribution in [0.1, 0.15) is 17.3 Å². The highest BCUT2D eigenvalue weighted by molar-refractivity contribution is 6.22. The molecule has 2 bridgehead atoms. The highest BCUT2D eigenvalue weighted by Gasteiger charge is 2.57. The van der Waals surface area contributed by atoms with Crippen LogP contribution >= 0.6 is 0 Å². The van der Waals surface area contributed by atoms with Gasteiger partial charge in [-0.05, 0) is 17.1 Å². The zero-order valence-corrected chi connectivity index (χ0v) is 13.9. The van der Waals surface area contributed by atoms with Crippen LogP contribution in [-0.4, -0.2) is 75.3 Å². The molecule has 0 radical (unpaired) electrons. The Hall–Kier alpha value is -3.56. The molecule has 0 aromatic heterocycles. The first-order chi connectivity index (χ1) is 12.3. The predicted octanol–water partition coefficient (Wildman–Crippen LogP) is -0.0169. The summed E-state index contributed by atoms with van der Waals surface area (Å²) >= 11 is 0. The van der Waals surface area contributed by atoms with Gasteiger partial charge in [0.05, 0.1) is 0 Å². The number of carboxylic acid groups (broad SMARTS) is 1. The summed E-state index contributed by atoms with van der Waals surface area (Å²) in [6.07, 6.45) is 1.61. The molecular weight excluding hydrogens is 344 g/mol. The lowest BCUT2D eigenvalue weighted by atomic mass is 10.2. The Morgan fingerprint density at radius 1 is 1.31 bits per heavy atom. The number of esters is 1. The Morgan fingerprint density at radius 3 is 2.65 bits per heavy atom. The molecule has 10 nitrogen and oxygen atoms in total. The summed E-state index contributed by atoms with van der Waals surface area (Å²) in [5.74, 6) is -1.19. The third-order valence-electron chi connectivity index (χ3n) is 3.95. The smallest absolute Gasteiger partial charge is 0.339 e. The van der Waals surface area contributed by atoms with Crippen LogP contribution in [0.2, 0.25) is 0 Å². The van der Waals surface area contributed by atoms with E-state index in [0.29, 0.717) is 12.5 Å². The van der Waals surface area contributed by atoms with E-state index >= 15 is 0 Å². The minimum absolute atomic E-state index is 0.0160. The fourth-order valence-electron chi connectivity index (χ4n) is 2.76. The fraction of sp³-hybridized carbons (Fsp3) is 0.250. The fourth-order valence-corrected chi connectivity index (χ4v) is 2.76. The second-order valence-electron chi connectivity index (χ2n) is 5.66. The van der Waals surface area contributed by atoms with Crippen molar-refractivity contribution in [2.24, 2.45) is 4.99 Å². The van der Waals surface area contributed by atoms with Gasteiger partial charge in [0.1, 0.15) is 11.3 Å².